The molecule has 0 aliphatic carbocycles. The van der Waals surface area contributed by atoms with Crippen LogP contribution in [0.3, 0.4) is 0 Å². The van der Waals surface area contributed by atoms with Gasteiger partial charge in [0.25, 0.3) is 0 Å². The van der Waals surface area contributed by atoms with Crippen LogP contribution in [0.25, 0.3) is 0 Å². The van der Waals surface area contributed by atoms with Gasteiger partial charge < -0.3 is 10.1 Å². The van der Waals surface area contributed by atoms with Gasteiger partial charge in [-0.15, -0.1) is 0 Å². The molecule has 0 bridgehead atoms. The lowest BCUT2D eigenvalue weighted by atomic mass is 10.1. The molecule has 2 aromatic heterocycles. The van der Waals surface area contributed by atoms with Gasteiger partial charge in [0.15, 0.2) is 0 Å². The number of rotatable bonds is 5. The fourth-order valence-electron chi connectivity index (χ4n) is 1.68. The maximum absolute atomic E-state index is 5.09. The highest BCUT2D eigenvalue weighted by Gasteiger charge is 1.99. The largest absolute Gasteiger partial charge is 0.481 e. The van der Waals surface area contributed by atoms with Gasteiger partial charge in [0.05, 0.1) is 12.8 Å². The van der Waals surface area contributed by atoms with E-state index in [4.69, 9.17) is 4.74 Å². The Hall–Kier alpha value is -1.94. The van der Waals surface area contributed by atoms with E-state index in [1.165, 1.54) is 11.1 Å². The van der Waals surface area contributed by atoms with Crippen molar-refractivity contribution in [2.75, 3.05) is 7.11 Å². The van der Waals surface area contributed by atoms with Crippen LogP contribution in [0.5, 0.6) is 5.88 Å². The highest BCUT2D eigenvalue weighted by Crippen LogP contribution is 2.07. The molecule has 0 saturated heterocycles. The predicted octanol–water partition coefficient (Wildman–Crippen LogP) is 2.08. The summed E-state index contributed by atoms with van der Waals surface area (Å²) in [6.07, 6.45) is 3.70. The summed E-state index contributed by atoms with van der Waals surface area (Å²) in [6, 6.07) is 7.78. The highest BCUT2D eigenvalue weighted by atomic mass is 16.5. The molecule has 0 unspecified atom stereocenters. The van der Waals surface area contributed by atoms with Gasteiger partial charge in [-0.2, -0.15) is 0 Å². The first-order valence-electron chi connectivity index (χ1n) is 5.89. The first kappa shape index (κ1) is 12.5. The van der Waals surface area contributed by atoms with Crippen molar-refractivity contribution in [3.8, 4) is 5.88 Å². The minimum Gasteiger partial charge on any atom is -0.481 e. The zero-order valence-electron chi connectivity index (χ0n) is 10.7. The van der Waals surface area contributed by atoms with Crippen LogP contribution >= 0.6 is 0 Å². The molecule has 2 heterocycles. The van der Waals surface area contributed by atoms with Crippen LogP contribution in [0.15, 0.2) is 36.7 Å². The van der Waals surface area contributed by atoms with Crippen molar-refractivity contribution in [3.05, 3.63) is 53.5 Å². The first-order valence-corrected chi connectivity index (χ1v) is 5.89. The number of hydrogen-bond donors (Lipinski definition) is 1. The Kier molecular flexibility index (Phi) is 4.25. The molecule has 0 atom stereocenters. The summed E-state index contributed by atoms with van der Waals surface area (Å²) >= 11 is 0. The summed E-state index contributed by atoms with van der Waals surface area (Å²) in [6.45, 7) is 3.59. The second kappa shape index (κ2) is 6.12. The smallest absolute Gasteiger partial charge is 0.213 e. The Morgan fingerprint density at radius 3 is 2.89 bits per heavy atom. The van der Waals surface area contributed by atoms with Crippen molar-refractivity contribution in [2.24, 2.45) is 0 Å². The SMILES string of the molecule is COc1cccc(CNCc2cnccc2C)n1. The summed E-state index contributed by atoms with van der Waals surface area (Å²) in [5.41, 5.74) is 3.42. The van der Waals surface area contributed by atoms with Crippen molar-refractivity contribution in [1.29, 1.82) is 0 Å². The van der Waals surface area contributed by atoms with E-state index in [1.807, 2.05) is 36.7 Å². The average Bonchev–Trinajstić information content (AvgIpc) is 2.41. The molecule has 18 heavy (non-hydrogen) atoms. The lowest BCUT2D eigenvalue weighted by molar-refractivity contribution is 0.395. The monoisotopic (exact) mass is 243 g/mol. The molecule has 1 N–H and O–H groups in total. The van der Waals surface area contributed by atoms with Crippen LogP contribution in [0, 0.1) is 6.92 Å². The molecule has 0 radical (unpaired) electrons. The Morgan fingerprint density at radius 1 is 1.22 bits per heavy atom. The molecular weight excluding hydrogens is 226 g/mol. The number of nitrogens with one attached hydrogen (secondary N) is 1. The van der Waals surface area contributed by atoms with E-state index in [2.05, 4.69) is 22.2 Å². The molecular formula is C14H17N3O. The molecule has 4 nitrogen and oxygen atoms in total. The van der Waals surface area contributed by atoms with Crippen molar-refractivity contribution in [3.63, 3.8) is 0 Å². The zero-order valence-corrected chi connectivity index (χ0v) is 10.7. The zero-order chi connectivity index (χ0) is 12.8. The molecule has 2 rings (SSSR count). The summed E-state index contributed by atoms with van der Waals surface area (Å²) < 4.78 is 5.09. The fraction of sp³-hybridized carbons (Fsp3) is 0.286. The van der Waals surface area contributed by atoms with E-state index in [0.717, 1.165) is 12.2 Å². The maximum Gasteiger partial charge on any atom is 0.213 e. The second-order valence-electron chi connectivity index (χ2n) is 4.08. The topological polar surface area (TPSA) is 47.0 Å². The van der Waals surface area contributed by atoms with Crippen molar-refractivity contribution in [2.45, 2.75) is 20.0 Å². The van der Waals surface area contributed by atoms with Gasteiger partial charge in [-0.1, -0.05) is 6.07 Å². The van der Waals surface area contributed by atoms with Gasteiger partial charge >= 0.3 is 0 Å². The predicted molar refractivity (Wildman–Crippen MR) is 70.3 cm³/mol. The third-order valence-corrected chi connectivity index (χ3v) is 2.76. The molecule has 94 valence electrons. The van der Waals surface area contributed by atoms with Crippen molar-refractivity contribution in [1.82, 2.24) is 15.3 Å². The van der Waals surface area contributed by atoms with Gasteiger partial charge in [0.2, 0.25) is 5.88 Å². The third kappa shape index (κ3) is 3.28. The molecule has 4 heteroatoms. The number of methoxy groups -OCH3 is 1. The van der Waals surface area contributed by atoms with E-state index >= 15 is 0 Å². The van der Waals surface area contributed by atoms with Gasteiger partial charge in [0, 0.05) is 31.5 Å². The van der Waals surface area contributed by atoms with E-state index in [9.17, 15) is 0 Å². The molecule has 0 saturated carbocycles. The van der Waals surface area contributed by atoms with Crippen molar-refractivity contribution < 1.29 is 4.74 Å². The van der Waals surface area contributed by atoms with E-state index in [0.29, 0.717) is 12.4 Å². The average molecular weight is 243 g/mol. The molecule has 0 fully saturated rings. The lowest BCUT2D eigenvalue weighted by Gasteiger charge is -2.07. The van der Waals surface area contributed by atoms with Crippen LogP contribution in [-0.4, -0.2) is 17.1 Å². The Bertz CT molecular complexity index is 514. The van der Waals surface area contributed by atoms with Crippen LogP contribution in [0.1, 0.15) is 16.8 Å². The first-order chi connectivity index (χ1) is 8.79. The molecule has 0 amide bonds. The maximum atomic E-state index is 5.09. The van der Waals surface area contributed by atoms with E-state index < -0.39 is 0 Å². The molecule has 0 aliphatic heterocycles. The minimum absolute atomic E-state index is 0.645. The lowest BCUT2D eigenvalue weighted by Crippen LogP contribution is -2.14. The van der Waals surface area contributed by atoms with E-state index in [-0.39, 0.29) is 0 Å². The van der Waals surface area contributed by atoms with Crippen LogP contribution in [-0.2, 0) is 13.1 Å². The number of ether oxygens (including phenoxy) is 1. The summed E-state index contributed by atoms with van der Waals surface area (Å²) in [7, 11) is 1.62. The summed E-state index contributed by atoms with van der Waals surface area (Å²) in [5.74, 6) is 0.645. The Morgan fingerprint density at radius 2 is 2.11 bits per heavy atom. The third-order valence-electron chi connectivity index (χ3n) is 2.76. The molecule has 0 aromatic carbocycles. The van der Waals surface area contributed by atoms with Crippen LogP contribution < -0.4 is 10.1 Å². The Balaban J connectivity index is 1.90. The standard InChI is InChI=1S/C14H17N3O/c1-11-6-7-15-8-12(11)9-16-10-13-4-3-5-14(17-13)18-2/h3-8,16H,9-10H2,1-2H3. The van der Waals surface area contributed by atoms with Crippen LogP contribution in [0.4, 0.5) is 0 Å². The number of hydrogen-bond acceptors (Lipinski definition) is 4. The van der Waals surface area contributed by atoms with Crippen LogP contribution in [0.2, 0.25) is 0 Å². The Labute approximate surface area is 107 Å². The van der Waals surface area contributed by atoms with Gasteiger partial charge in [-0.3, -0.25) is 4.98 Å². The fourth-order valence-corrected chi connectivity index (χ4v) is 1.68. The van der Waals surface area contributed by atoms with Crippen molar-refractivity contribution >= 4 is 0 Å². The number of nitrogens with zero attached hydrogens (tertiary/aromatic N) is 2. The summed E-state index contributed by atoms with van der Waals surface area (Å²) in [5, 5.41) is 3.35. The molecule has 0 spiro atoms. The number of aromatic nitrogens is 2. The quantitative estimate of drug-likeness (QED) is 0.873. The number of aryl methyl sites for hydroxylation is 1. The van der Waals surface area contributed by atoms with Gasteiger partial charge in [0.1, 0.15) is 0 Å². The van der Waals surface area contributed by atoms with Gasteiger partial charge in [-0.05, 0) is 30.2 Å². The summed E-state index contributed by atoms with van der Waals surface area (Å²) in [4.78, 5) is 8.47. The van der Waals surface area contributed by atoms with E-state index in [1.54, 1.807) is 7.11 Å². The molecule has 0 aliphatic rings. The second-order valence-corrected chi connectivity index (χ2v) is 4.08. The molecule has 2 aromatic rings. The minimum atomic E-state index is 0.645. The highest BCUT2D eigenvalue weighted by molar-refractivity contribution is 5.21. The number of pyridine rings is 2. The normalized spacial score (nSPS) is 10.3. The van der Waals surface area contributed by atoms with Gasteiger partial charge in [-0.25, -0.2) is 4.98 Å².